The Kier molecular flexibility index (Phi) is 7.68. The first-order valence-corrected chi connectivity index (χ1v) is 7.63. The van der Waals surface area contributed by atoms with E-state index in [1.54, 1.807) is 0 Å². The highest BCUT2D eigenvalue weighted by atomic mass is 32.1. The molecule has 1 N–H and O–H groups in total. The van der Waals surface area contributed by atoms with Gasteiger partial charge in [0.2, 0.25) is 0 Å². The minimum Gasteiger partial charge on any atom is -0.381 e. The van der Waals surface area contributed by atoms with Crippen molar-refractivity contribution in [1.82, 2.24) is 4.90 Å². The van der Waals surface area contributed by atoms with Crippen LogP contribution in [-0.2, 0) is 0 Å². The molecular formula is C16H25NOS. The molecule has 0 saturated carbocycles. The zero-order valence-electron chi connectivity index (χ0n) is 12.0. The summed E-state index contributed by atoms with van der Waals surface area (Å²) in [5.74, 6) is 0. The van der Waals surface area contributed by atoms with Crippen LogP contribution in [0.1, 0.15) is 51.2 Å². The Bertz CT molecular complexity index is 358. The Morgan fingerprint density at radius 1 is 1.11 bits per heavy atom. The van der Waals surface area contributed by atoms with E-state index in [-0.39, 0.29) is 0 Å². The number of aliphatic hydroxyl groups is 1. The molecule has 0 saturated heterocycles. The molecule has 1 atom stereocenters. The van der Waals surface area contributed by atoms with Crippen LogP contribution in [0.4, 0.5) is 0 Å². The Morgan fingerprint density at radius 3 is 2.11 bits per heavy atom. The number of aliphatic hydroxyl groups excluding tert-OH is 1. The van der Waals surface area contributed by atoms with Gasteiger partial charge in [0.1, 0.15) is 11.1 Å². The van der Waals surface area contributed by atoms with E-state index in [1.807, 2.05) is 30.3 Å². The molecule has 0 spiro atoms. The Morgan fingerprint density at radius 2 is 1.63 bits per heavy atom. The predicted octanol–water partition coefficient (Wildman–Crippen LogP) is 3.95. The molecule has 0 amide bonds. The first kappa shape index (κ1) is 16.1. The highest BCUT2D eigenvalue weighted by molar-refractivity contribution is 7.80. The van der Waals surface area contributed by atoms with Gasteiger partial charge in [0.25, 0.3) is 0 Å². The lowest BCUT2D eigenvalue weighted by atomic mass is 10.1. The largest absolute Gasteiger partial charge is 0.381 e. The van der Waals surface area contributed by atoms with Gasteiger partial charge < -0.3 is 10.0 Å². The Labute approximate surface area is 122 Å². The normalized spacial score (nSPS) is 12.2. The number of hydrogen-bond donors (Lipinski definition) is 1. The molecule has 1 aromatic rings. The van der Waals surface area contributed by atoms with Crippen LogP contribution in [0, 0.1) is 0 Å². The average molecular weight is 279 g/mol. The van der Waals surface area contributed by atoms with Crippen molar-refractivity contribution < 1.29 is 5.11 Å². The van der Waals surface area contributed by atoms with E-state index < -0.39 is 6.10 Å². The van der Waals surface area contributed by atoms with E-state index in [9.17, 15) is 5.11 Å². The molecule has 19 heavy (non-hydrogen) atoms. The van der Waals surface area contributed by atoms with Crippen molar-refractivity contribution in [2.75, 3.05) is 13.1 Å². The zero-order chi connectivity index (χ0) is 14.1. The van der Waals surface area contributed by atoms with Gasteiger partial charge in [-0.1, -0.05) is 69.2 Å². The van der Waals surface area contributed by atoms with Crippen molar-refractivity contribution in [2.24, 2.45) is 0 Å². The fraction of sp³-hybridized carbons (Fsp3) is 0.562. The van der Waals surface area contributed by atoms with Crippen LogP contribution in [0.25, 0.3) is 0 Å². The van der Waals surface area contributed by atoms with Gasteiger partial charge in [0, 0.05) is 13.1 Å². The van der Waals surface area contributed by atoms with Crippen molar-refractivity contribution in [2.45, 2.75) is 45.6 Å². The number of rotatable bonds is 8. The van der Waals surface area contributed by atoms with Gasteiger partial charge in [-0.15, -0.1) is 0 Å². The minimum absolute atomic E-state index is 0.660. The number of nitrogens with zero attached hydrogens (tertiary/aromatic N) is 1. The molecule has 0 aromatic heterocycles. The van der Waals surface area contributed by atoms with Crippen molar-refractivity contribution >= 4 is 17.2 Å². The van der Waals surface area contributed by atoms with E-state index in [1.165, 1.54) is 0 Å². The van der Waals surface area contributed by atoms with Crippen molar-refractivity contribution in [3.63, 3.8) is 0 Å². The standard InChI is InChI=1S/C16H25NOS/c1-3-5-12-17(13-6-4-2)16(19)15(18)14-10-8-7-9-11-14/h7-11,15,18H,3-6,12-13H2,1-2H3. The van der Waals surface area contributed by atoms with Gasteiger partial charge in [-0.3, -0.25) is 0 Å². The minimum atomic E-state index is -0.662. The quantitative estimate of drug-likeness (QED) is 0.729. The summed E-state index contributed by atoms with van der Waals surface area (Å²) in [6.45, 7) is 6.24. The van der Waals surface area contributed by atoms with Crippen LogP contribution in [0.5, 0.6) is 0 Å². The van der Waals surface area contributed by atoms with Crippen LogP contribution in [0.2, 0.25) is 0 Å². The smallest absolute Gasteiger partial charge is 0.129 e. The highest BCUT2D eigenvalue weighted by Crippen LogP contribution is 2.17. The van der Waals surface area contributed by atoms with Crippen molar-refractivity contribution in [1.29, 1.82) is 0 Å². The lowest BCUT2D eigenvalue weighted by molar-refractivity contribution is 0.226. The molecule has 0 fully saturated rings. The maximum absolute atomic E-state index is 10.4. The third-order valence-corrected chi connectivity index (χ3v) is 3.71. The van der Waals surface area contributed by atoms with Gasteiger partial charge >= 0.3 is 0 Å². The molecule has 0 heterocycles. The number of unbranched alkanes of at least 4 members (excludes halogenated alkanes) is 2. The summed E-state index contributed by atoms with van der Waals surface area (Å²) in [5.41, 5.74) is 0.880. The van der Waals surface area contributed by atoms with Gasteiger partial charge in [0.15, 0.2) is 0 Å². The van der Waals surface area contributed by atoms with Crippen molar-refractivity contribution in [3.05, 3.63) is 35.9 Å². The molecule has 0 aliphatic carbocycles. The molecule has 1 unspecified atom stereocenters. The molecule has 0 radical (unpaired) electrons. The second kappa shape index (κ2) is 9.05. The van der Waals surface area contributed by atoms with E-state index in [0.717, 1.165) is 44.3 Å². The van der Waals surface area contributed by atoms with Crippen LogP contribution < -0.4 is 0 Å². The molecule has 0 aliphatic heterocycles. The van der Waals surface area contributed by atoms with Crippen LogP contribution in [0.15, 0.2) is 30.3 Å². The lowest BCUT2D eigenvalue weighted by Gasteiger charge is -2.28. The number of thiocarbonyl (C=S) groups is 1. The first-order chi connectivity index (χ1) is 9.20. The third kappa shape index (κ3) is 5.29. The Balaban J connectivity index is 2.68. The fourth-order valence-corrected chi connectivity index (χ4v) is 2.30. The number of hydrogen-bond acceptors (Lipinski definition) is 2. The SMILES string of the molecule is CCCCN(CCCC)C(=S)C(O)c1ccccc1. The fourth-order valence-electron chi connectivity index (χ4n) is 1.98. The first-order valence-electron chi connectivity index (χ1n) is 7.22. The second-order valence-corrected chi connectivity index (χ2v) is 5.26. The van der Waals surface area contributed by atoms with Crippen LogP contribution in [0.3, 0.4) is 0 Å². The average Bonchev–Trinajstić information content (AvgIpc) is 2.47. The molecule has 2 nitrogen and oxygen atoms in total. The summed E-state index contributed by atoms with van der Waals surface area (Å²) in [6, 6.07) is 9.67. The maximum atomic E-state index is 10.4. The zero-order valence-corrected chi connectivity index (χ0v) is 12.8. The van der Waals surface area contributed by atoms with E-state index >= 15 is 0 Å². The van der Waals surface area contributed by atoms with Gasteiger partial charge in [0.05, 0.1) is 0 Å². The highest BCUT2D eigenvalue weighted by Gasteiger charge is 2.18. The molecule has 1 aromatic carbocycles. The molecule has 3 heteroatoms. The van der Waals surface area contributed by atoms with E-state index in [2.05, 4.69) is 18.7 Å². The summed E-state index contributed by atoms with van der Waals surface area (Å²) in [6.07, 6.45) is 3.86. The number of benzene rings is 1. The van der Waals surface area contributed by atoms with Crippen LogP contribution in [-0.4, -0.2) is 28.1 Å². The molecule has 0 aliphatic rings. The van der Waals surface area contributed by atoms with E-state index in [0.29, 0.717) is 4.99 Å². The third-order valence-electron chi connectivity index (χ3n) is 3.22. The molecule has 0 bridgehead atoms. The molecule has 106 valence electrons. The van der Waals surface area contributed by atoms with Crippen molar-refractivity contribution in [3.8, 4) is 0 Å². The summed E-state index contributed by atoms with van der Waals surface area (Å²) in [5, 5.41) is 10.4. The molecular weight excluding hydrogens is 254 g/mol. The molecule has 1 rings (SSSR count). The maximum Gasteiger partial charge on any atom is 0.129 e. The summed E-state index contributed by atoms with van der Waals surface area (Å²) < 4.78 is 0. The Hall–Kier alpha value is -0.930. The summed E-state index contributed by atoms with van der Waals surface area (Å²) in [4.78, 5) is 2.83. The van der Waals surface area contributed by atoms with E-state index in [4.69, 9.17) is 12.2 Å². The lowest BCUT2D eigenvalue weighted by Crippen LogP contribution is -2.35. The summed E-state index contributed by atoms with van der Waals surface area (Å²) in [7, 11) is 0. The monoisotopic (exact) mass is 279 g/mol. The van der Waals surface area contributed by atoms with Crippen LogP contribution >= 0.6 is 12.2 Å². The second-order valence-electron chi connectivity index (χ2n) is 4.85. The van der Waals surface area contributed by atoms with Gasteiger partial charge in [-0.2, -0.15) is 0 Å². The topological polar surface area (TPSA) is 23.5 Å². The summed E-state index contributed by atoms with van der Waals surface area (Å²) >= 11 is 5.48. The predicted molar refractivity (Wildman–Crippen MR) is 85.4 cm³/mol. The van der Waals surface area contributed by atoms with Gasteiger partial charge in [-0.25, -0.2) is 0 Å². The van der Waals surface area contributed by atoms with Gasteiger partial charge in [-0.05, 0) is 18.4 Å².